The van der Waals surface area contributed by atoms with Crippen molar-refractivity contribution in [2.45, 2.75) is 168 Å². The first-order chi connectivity index (χ1) is 42.5. The number of hydrogen-bond acceptors (Lipinski definition) is 20. The third kappa shape index (κ3) is 13.9. The van der Waals surface area contributed by atoms with Crippen molar-refractivity contribution >= 4 is 87.8 Å². The molecule has 4 fully saturated rings. The number of anilines is 1. The van der Waals surface area contributed by atoms with Crippen molar-refractivity contribution in [1.82, 2.24) is 55.7 Å². The van der Waals surface area contributed by atoms with Crippen LogP contribution in [0.3, 0.4) is 0 Å². The second-order valence-corrected chi connectivity index (χ2v) is 25.2. The van der Waals surface area contributed by atoms with E-state index in [1.807, 2.05) is 0 Å². The number of aliphatic hydroxyl groups excluding tert-OH is 2. The number of carbonyl (C=O) groups excluding carboxylic acids is 12. The Morgan fingerprint density at radius 1 is 0.769 bits per heavy atom. The third-order valence-corrected chi connectivity index (χ3v) is 17.6. The van der Waals surface area contributed by atoms with Crippen molar-refractivity contribution in [3.63, 3.8) is 0 Å². The molecule has 5 heterocycles. The number of nitrogens with zero attached hydrogens (tertiary/aromatic N) is 7. The van der Waals surface area contributed by atoms with Crippen LogP contribution in [-0.2, 0) is 57.4 Å². The fourth-order valence-electron chi connectivity index (χ4n) is 12.0. The summed E-state index contributed by atoms with van der Waals surface area (Å²) < 4.78 is 17.8. The Balaban J connectivity index is 1.25. The zero-order valence-corrected chi connectivity index (χ0v) is 53.9. The van der Waals surface area contributed by atoms with Gasteiger partial charge >= 0.3 is 11.9 Å². The van der Waals surface area contributed by atoms with Gasteiger partial charge in [-0.3, -0.25) is 52.7 Å². The van der Waals surface area contributed by atoms with Crippen LogP contribution in [0.25, 0.3) is 22.6 Å². The summed E-state index contributed by atoms with van der Waals surface area (Å²) in [6.07, 6.45) is -4.35. The van der Waals surface area contributed by atoms with Crippen molar-refractivity contribution in [1.29, 1.82) is 0 Å². The number of carbonyl (C=O) groups is 12. The molecule has 0 spiro atoms. The van der Waals surface area contributed by atoms with Gasteiger partial charge in [-0.25, -0.2) is 14.6 Å². The molecule has 0 bridgehead atoms. The number of ether oxygens (including phenoxy) is 2. The maximum absolute atomic E-state index is 15.0. The molecule has 0 radical (unpaired) electrons. The number of nitrogen functional groups attached to an aromatic ring is 1. The van der Waals surface area contributed by atoms with Crippen LogP contribution in [0.15, 0.2) is 21.3 Å². The lowest BCUT2D eigenvalue weighted by Crippen LogP contribution is -2.62. The van der Waals surface area contributed by atoms with Crippen LogP contribution in [-0.4, -0.2) is 243 Å². The minimum atomic E-state index is -2.13. The summed E-state index contributed by atoms with van der Waals surface area (Å²) in [7, 11) is 5.33. The van der Waals surface area contributed by atoms with E-state index < -0.39 is 204 Å². The minimum Gasteiger partial charge on any atom is -0.459 e. The first kappa shape index (κ1) is 69.7. The van der Waals surface area contributed by atoms with Gasteiger partial charge in [0.05, 0.1) is 30.4 Å². The number of likely N-dealkylation sites (N-methyl/N-ethyl adjacent to an activating group) is 4. The lowest BCUT2D eigenvalue weighted by atomic mass is 9.99. The topological polar surface area (TPSA) is 400 Å². The lowest BCUT2D eigenvalue weighted by molar-refractivity contribution is -0.163. The summed E-state index contributed by atoms with van der Waals surface area (Å²) in [5.41, 5.74) is 3.04. The number of hydrogen-bond donors (Lipinski definition) is 7. The number of rotatable bonds is 9. The molecule has 1 aromatic rings. The maximum Gasteiger partial charge on any atom is 0.342 e. The maximum atomic E-state index is 15.0. The van der Waals surface area contributed by atoms with Gasteiger partial charge in [0.15, 0.2) is 11.3 Å². The molecule has 10 amide bonds. The molecule has 30 heteroatoms. The number of amides is 10. The van der Waals surface area contributed by atoms with Crippen LogP contribution < -0.4 is 32.4 Å². The largest absolute Gasteiger partial charge is 0.459 e. The van der Waals surface area contributed by atoms with E-state index in [1.54, 1.807) is 55.4 Å². The standard InChI is InChI=1S/C61H84N12O18/c1-25(2)41-57(84)72-20-16-17-34(72)56(83)68(12)22-37(76)70(14)31(10)52(79)67-45(55(82)64-41)36(75)24-89-60(87)39-40(62)49(78)30(9)51-46(39)63-44-33(19-18-28(7)50(44)91-51)53(80)66-43-32(11)90-61(88)47(27(5)6)71(15)38(77)23-69(13)59(86)48-35(74)21-29(8)73(48)58(85)42(26(3)4)65-54(43)81/h18-19,25-27,29,31-32,34-36,41-43,45,47-48,74-75H,16-17,20-24,62H2,1-15H3,(H,64,82)(H,65,81)(H,66,80)(H,67,79)/t29-,31-,32+,34-,35-,36-,41+,42+,43-,45+,47-,48-/m0/s1. The Hall–Kier alpha value is -8.80. The van der Waals surface area contributed by atoms with E-state index in [-0.39, 0.29) is 47.4 Å². The van der Waals surface area contributed by atoms with Gasteiger partial charge in [-0.05, 0) is 83.3 Å². The van der Waals surface area contributed by atoms with Crippen LogP contribution >= 0.6 is 0 Å². The highest BCUT2D eigenvalue weighted by molar-refractivity contribution is 6.09. The normalized spacial score (nSPS) is 27.1. The van der Waals surface area contributed by atoms with Crippen LogP contribution in [0.1, 0.15) is 113 Å². The van der Waals surface area contributed by atoms with Crippen molar-refractivity contribution in [3.05, 3.63) is 44.6 Å². The number of aryl methyl sites for hydroxylation is 1. The first-order valence-electron chi connectivity index (χ1n) is 30.3. The van der Waals surface area contributed by atoms with Crippen LogP contribution in [0.4, 0.5) is 5.69 Å². The summed E-state index contributed by atoms with van der Waals surface area (Å²) in [6.45, 7) is 14.9. The van der Waals surface area contributed by atoms with Gasteiger partial charge in [-0.1, -0.05) is 47.6 Å². The van der Waals surface area contributed by atoms with Gasteiger partial charge in [-0.2, -0.15) is 0 Å². The number of esters is 2. The molecule has 5 aliphatic heterocycles. The number of nitrogens with one attached hydrogen (secondary N) is 4. The van der Waals surface area contributed by atoms with Crippen LogP contribution in [0.2, 0.25) is 0 Å². The zero-order chi connectivity index (χ0) is 67.8. The number of nitrogens with two attached hydrogens (primary N) is 1. The second kappa shape index (κ2) is 27.7. The fraction of sp³-hybridized carbons (Fsp3) is 0.607. The Kier molecular flexibility index (Phi) is 21.2. The molecule has 0 unspecified atom stereocenters. The molecule has 8 N–H and O–H groups in total. The van der Waals surface area contributed by atoms with E-state index in [4.69, 9.17) is 19.6 Å². The highest BCUT2D eigenvalue weighted by Gasteiger charge is 2.50. The van der Waals surface area contributed by atoms with E-state index in [0.29, 0.717) is 12.0 Å². The fourth-order valence-corrected chi connectivity index (χ4v) is 12.0. The van der Waals surface area contributed by atoms with Crippen LogP contribution in [0, 0.1) is 31.6 Å². The molecule has 30 nitrogen and oxygen atoms in total. The van der Waals surface area contributed by atoms with Gasteiger partial charge in [0.25, 0.3) is 5.91 Å². The van der Waals surface area contributed by atoms with E-state index in [2.05, 4.69) is 26.3 Å². The van der Waals surface area contributed by atoms with E-state index in [9.17, 15) is 72.5 Å². The predicted octanol–water partition coefficient (Wildman–Crippen LogP) is -1.58. The molecule has 12 atom stereocenters. The molecule has 0 saturated carbocycles. The molecule has 496 valence electrons. The summed E-state index contributed by atoms with van der Waals surface area (Å²) in [4.78, 5) is 196. The Labute approximate surface area is 525 Å². The van der Waals surface area contributed by atoms with Gasteiger partial charge in [0, 0.05) is 46.3 Å². The average molecular weight is 1270 g/mol. The number of fused-ring (bicyclic) bond motifs is 4. The second-order valence-electron chi connectivity index (χ2n) is 25.2. The highest BCUT2D eigenvalue weighted by Crippen LogP contribution is 2.36. The van der Waals surface area contributed by atoms with E-state index >= 15 is 0 Å². The number of aromatic nitrogens is 1. The van der Waals surface area contributed by atoms with E-state index in [0.717, 1.165) is 19.6 Å². The zero-order valence-electron chi connectivity index (χ0n) is 53.9. The smallest absolute Gasteiger partial charge is 0.342 e. The molecule has 6 aliphatic rings. The Bertz CT molecular complexity index is 3460. The van der Waals surface area contributed by atoms with Crippen molar-refractivity contribution in [2.24, 2.45) is 17.8 Å². The van der Waals surface area contributed by atoms with Gasteiger partial charge < -0.3 is 80.5 Å². The molecular formula is C61H84N12O18. The minimum absolute atomic E-state index is 0.0223. The molecule has 91 heavy (non-hydrogen) atoms. The molecule has 1 aromatic carbocycles. The molecule has 4 saturated heterocycles. The molecule has 1 aliphatic carbocycles. The number of aliphatic hydroxyl groups is 2. The predicted molar refractivity (Wildman–Crippen MR) is 324 cm³/mol. The first-order valence-corrected chi connectivity index (χ1v) is 30.3. The Morgan fingerprint density at radius 3 is 1.97 bits per heavy atom. The van der Waals surface area contributed by atoms with Gasteiger partial charge in [0.2, 0.25) is 58.6 Å². The number of benzene rings is 2. The number of cyclic esters (lactones) is 1. The van der Waals surface area contributed by atoms with E-state index in [1.165, 1.54) is 70.9 Å². The van der Waals surface area contributed by atoms with Crippen molar-refractivity contribution in [3.8, 4) is 11.5 Å². The molecular weight excluding hydrogens is 1190 g/mol. The molecule has 0 aromatic heterocycles. The highest BCUT2D eigenvalue weighted by atomic mass is 16.5. The summed E-state index contributed by atoms with van der Waals surface area (Å²) in [5, 5.41) is 33.3. The summed E-state index contributed by atoms with van der Waals surface area (Å²) in [5.74, 6) is -12.9. The third-order valence-electron chi connectivity index (χ3n) is 17.6. The Morgan fingerprint density at radius 2 is 1.35 bits per heavy atom. The van der Waals surface area contributed by atoms with Gasteiger partial charge in [-0.15, -0.1) is 0 Å². The SMILES string of the molecule is Cc1c2oc3c(C)ccc(C(=O)N[C@@H]4C(=O)N[C@H](C(C)C)C(=O)N5[C@H](C(=O)N(C)CC(=O)N(C)[C@@H](C(C)C)C(=O)O[C@@H]4C)[C@@H](O)C[C@@H]5C)c3nc-2c(C(=O)OC[C@H](O)[C@H]2NC(=O)[C@H](C)N(C)C(=O)CN(C)C(=O)[C@@H]3CCCN3C(=O)[C@@H](C(C)C)NC2=O)c(N)c1=O. The summed E-state index contributed by atoms with van der Waals surface area (Å²) >= 11 is 0. The van der Waals surface area contributed by atoms with Gasteiger partial charge in [0.1, 0.15) is 83.9 Å². The molecule has 7 rings (SSSR count). The monoisotopic (exact) mass is 1270 g/mol. The quantitative estimate of drug-likeness (QED) is 0.0722. The average Bonchev–Trinajstić information content (AvgIpc) is 1.33. The van der Waals surface area contributed by atoms with Crippen molar-refractivity contribution < 1.29 is 81.6 Å². The summed E-state index contributed by atoms with van der Waals surface area (Å²) in [6, 6.07) is -9.60. The van der Waals surface area contributed by atoms with Crippen molar-refractivity contribution in [2.75, 3.05) is 60.2 Å². The lowest BCUT2D eigenvalue weighted by Gasteiger charge is -2.37. The van der Waals surface area contributed by atoms with Crippen LogP contribution in [0.5, 0.6) is 0 Å².